The van der Waals surface area contributed by atoms with Crippen LogP contribution < -0.4 is 0 Å². The molecular weight excluding hydrogens is 232 g/mol. The number of allylic oxidation sites excluding steroid dienone is 2. The Hall–Kier alpha value is -1.48. The maximum atomic E-state index is 11.5. The van der Waals surface area contributed by atoms with E-state index >= 15 is 0 Å². The SMILES string of the molecule is COC(=O)C1C=CC=C1SCc1ccccc1. The first kappa shape index (κ1) is 12.0. The average Bonchev–Trinajstić information content (AvgIpc) is 2.85. The van der Waals surface area contributed by atoms with Gasteiger partial charge >= 0.3 is 5.97 Å². The van der Waals surface area contributed by atoms with Crippen LogP contribution in [0.5, 0.6) is 0 Å². The molecule has 3 heteroatoms. The third kappa shape index (κ3) is 3.01. The number of methoxy groups -OCH3 is 1. The van der Waals surface area contributed by atoms with Crippen molar-refractivity contribution in [2.45, 2.75) is 5.75 Å². The lowest BCUT2D eigenvalue weighted by Crippen LogP contribution is -2.13. The topological polar surface area (TPSA) is 26.3 Å². The van der Waals surface area contributed by atoms with Crippen molar-refractivity contribution >= 4 is 17.7 Å². The molecule has 0 fully saturated rings. The van der Waals surface area contributed by atoms with Crippen molar-refractivity contribution in [1.29, 1.82) is 0 Å². The Kier molecular flexibility index (Phi) is 4.04. The van der Waals surface area contributed by atoms with Crippen molar-refractivity contribution in [3.8, 4) is 0 Å². The molecular formula is C14H14O2S. The first-order valence-corrected chi connectivity index (χ1v) is 6.43. The van der Waals surface area contributed by atoms with Gasteiger partial charge < -0.3 is 4.74 Å². The molecule has 2 nitrogen and oxygen atoms in total. The summed E-state index contributed by atoms with van der Waals surface area (Å²) >= 11 is 1.69. The molecule has 0 bridgehead atoms. The van der Waals surface area contributed by atoms with Crippen LogP contribution in [0, 0.1) is 5.92 Å². The van der Waals surface area contributed by atoms with Crippen LogP contribution >= 0.6 is 11.8 Å². The second-order valence-corrected chi connectivity index (χ2v) is 4.78. The predicted octanol–water partition coefficient (Wildman–Crippen LogP) is 3.16. The van der Waals surface area contributed by atoms with Crippen LogP contribution in [-0.4, -0.2) is 13.1 Å². The quantitative estimate of drug-likeness (QED) is 0.763. The highest BCUT2D eigenvalue weighted by atomic mass is 32.2. The van der Waals surface area contributed by atoms with Gasteiger partial charge in [0.25, 0.3) is 0 Å². The molecule has 1 aliphatic rings. The molecule has 1 atom stereocenters. The van der Waals surface area contributed by atoms with Gasteiger partial charge in [-0.3, -0.25) is 4.79 Å². The molecule has 0 spiro atoms. The molecule has 2 rings (SSSR count). The first-order chi connectivity index (χ1) is 8.31. The van der Waals surface area contributed by atoms with Crippen LogP contribution in [-0.2, 0) is 15.3 Å². The molecule has 0 saturated heterocycles. The van der Waals surface area contributed by atoms with Crippen LogP contribution in [0.3, 0.4) is 0 Å². The molecule has 0 amide bonds. The lowest BCUT2D eigenvalue weighted by Gasteiger charge is -2.11. The third-order valence-corrected chi connectivity index (χ3v) is 3.78. The molecule has 17 heavy (non-hydrogen) atoms. The molecule has 0 heterocycles. The van der Waals surface area contributed by atoms with E-state index < -0.39 is 0 Å². The van der Waals surface area contributed by atoms with E-state index in [4.69, 9.17) is 4.74 Å². The summed E-state index contributed by atoms with van der Waals surface area (Å²) in [6, 6.07) is 10.2. The number of thioether (sulfide) groups is 1. The predicted molar refractivity (Wildman–Crippen MR) is 70.5 cm³/mol. The second-order valence-electron chi connectivity index (χ2n) is 3.73. The van der Waals surface area contributed by atoms with Gasteiger partial charge in [-0.25, -0.2) is 0 Å². The first-order valence-electron chi connectivity index (χ1n) is 5.44. The van der Waals surface area contributed by atoms with Gasteiger partial charge in [0.05, 0.1) is 7.11 Å². The Bertz CT molecular complexity index is 449. The van der Waals surface area contributed by atoms with Gasteiger partial charge in [0.15, 0.2) is 0 Å². The molecule has 1 aromatic rings. The van der Waals surface area contributed by atoms with Crippen molar-refractivity contribution in [3.05, 3.63) is 59.0 Å². The summed E-state index contributed by atoms with van der Waals surface area (Å²) in [5, 5.41) is 0. The highest BCUT2D eigenvalue weighted by molar-refractivity contribution is 8.02. The van der Waals surface area contributed by atoms with Crippen LogP contribution in [0.15, 0.2) is 53.5 Å². The van der Waals surface area contributed by atoms with Gasteiger partial charge in [0, 0.05) is 10.7 Å². The zero-order valence-electron chi connectivity index (χ0n) is 9.63. The number of ether oxygens (including phenoxy) is 1. The Labute approximate surface area is 105 Å². The van der Waals surface area contributed by atoms with Gasteiger partial charge in [-0.1, -0.05) is 48.6 Å². The van der Waals surface area contributed by atoms with Gasteiger partial charge in [0.2, 0.25) is 0 Å². The van der Waals surface area contributed by atoms with Crippen molar-refractivity contribution in [1.82, 2.24) is 0 Å². The number of hydrogen-bond donors (Lipinski definition) is 0. The van der Waals surface area contributed by atoms with Gasteiger partial charge in [0.1, 0.15) is 5.92 Å². The number of carbonyl (C=O) groups is 1. The molecule has 1 aliphatic carbocycles. The van der Waals surface area contributed by atoms with Crippen molar-refractivity contribution in [2.24, 2.45) is 5.92 Å². The van der Waals surface area contributed by atoms with E-state index in [-0.39, 0.29) is 11.9 Å². The van der Waals surface area contributed by atoms with E-state index in [9.17, 15) is 4.79 Å². The van der Waals surface area contributed by atoms with E-state index in [1.807, 2.05) is 36.4 Å². The molecule has 88 valence electrons. The van der Waals surface area contributed by atoms with Gasteiger partial charge in [-0.2, -0.15) is 0 Å². The van der Waals surface area contributed by atoms with Crippen LogP contribution in [0.2, 0.25) is 0 Å². The molecule has 0 radical (unpaired) electrons. The zero-order chi connectivity index (χ0) is 12.1. The lowest BCUT2D eigenvalue weighted by atomic mass is 10.2. The molecule has 1 unspecified atom stereocenters. The summed E-state index contributed by atoms with van der Waals surface area (Å²) in [6.45, 7) is 0. The summed E-state index contributed by atoms with van der Waals surface area (Å²) in [5.41, 5.74) is 1.26. The van der Waals surface area contributed by atoms with Gasteiger partial charge in [-0.15, -0.1) is 11.8 Å². The molecule has 0 saturated carbocycles. The van der Waals surface area contributed by atoms with E-state index in [0.717, 1.165) is 10.7 Å². The summed E-state index contributed by atoms with van der Waals surface area (Å²) in [7, 11) is 1.42. The highest BCUT2D eigenvalue weighted by Crippen LogP contribution is 2.32. The van der Waals surface area contributed by atoms with Crippen molar-refractivity contribution < 1.29 is 9.53 Å². The zero-order valence-corrected chi connectivity index (χ0v) is 10.4. The average molecular weight is 246 g/mol. The van der Waals surface area contributed by atoms with Crippen molar-refractivity contribution in [2.75, 3.05) is 7.11 Å². The monoisotopic (exact) mass is 246 g/mol. The fraction of sp³-hybridized carbons (Fsp3) is 0.214. The number of hydrogen-bond acceptors (Lipinski definition) is 3. The molecule has 0 aliphatic heterocycles. The van der Waals surface area contributed by atoms with E-state index in [2.05, 4.69) is 12.1 Å². The Morgan fingerprint density at radius 3 is 2.82 bits per heavy atom. The van der Waals surface area contributed by atoms with E-state index in [1.165, 1.54) is 12.7 Å². The molecule has 1 aromatic carbocycles. The normalized spacial score (nSPS) is 17.9. The summed E-state index contributed by atoms with van der Waals surface area (Å²) in [4.78, 5) is 12.6. The van der Waals surface area contributed by atoms with Crippen LogP contribution in [0.25, 0.3) is 0 Å². The minimum atomic E-state index is -0.214. The Morgan fingerprint density at radius 1 is 1.35 bits per heavy atom. The Morgan fingerprint density at radius 2 is 2.12 bits per heavy atom. The Balaban J connectivity index is 1.94. The third-order valence-electron chi connectivity index (χ3n) is 2.57. The van der Waals surface area contributed by atoms with E-state index in [1.54, 1.807) is 11.8 Å². The lowest BCUT2D eigenvalue weighted by molar-refractivity contribution is -0.142. The van der Waals surface area contributed by atoms with E-state index in [0.29, 0.717) is 0 Å². The largest absolute Gasteiger partial charge is 0.468 e. The van der Waals surface area contributed by atoms with Crippen LogP contribution in [0.4, 0.5) is 0 Å². The van der Waals surface area contributed by atoms with Crippen LogP contribution in [0.1, 0.15) is 5.56 Å². The minimum absolute atomic E-state index is 0.189. The van der Waals surface area contributed by atoms with Gasteiger partial charge in [-0.05, 0) is 5.56 Å². The number of benzene rings is 1. The summed E-state index contributed by atoms with van der Waals surface area (Å²) < 4.78 is 4.77. The maximum absolute atomic E-state index is 11.5. The standard InChI is InChI=1S/C14H14O2S/c1-16-14(15)12-8-5-9-13(12)17-10-11-6-3-2-4-7-11/h2-9,12H,10H2,1H3. The molecule has 0 aromatic heterocycles. The maximum Gasteiger partial charge on any atom is 0.317 e. The number of carbonyl (C=O) groups excluding carboxylic acids is 1. The summed E-state index contributed by atoms with van der Waals surface area (Å²) in [5.74, 6) is 0.473. The number of rotatable bonds is 4. The fourth-order valence-corrected chi connectivity index (χ4v) is 2.72. The minimum Gasteiger partial charge on any atom is -0.468 e. The highest BCUT2D eigenvalue weighted by Gasteiger charge is 2.23. The van der Waals surface area contributed by atoms with Crippen molar-refractivity contribution in [3.63, 3.8) is 0 Å². The summed E-state index contributed by atoms with van der Waals surface area (Å²) in [6.07, 6.45) is 5.77. The molecule has 0 N–H and O–H groups in total. The number of esters is 1. The smallest absolute Gasteiger partial charge is 0.317 e. The fourth-order valence-electron chi connectivity index (χ4n) is 1.66. The second kappa shape index (κ2) is 5.73.